The van der Waals surface area contributed by atoms with Crippen LogP contribution in [0.15, 0.2) is 0 Å². The molecule has 0 heterocycles. The molecule has 0 saturated heterocycles. The fourth-order valence-electron chi connectivity index (χ4n) is 4.08. The monoisotopic (exact) mass is 861 g/mol. The van der Waals surface area contributed by atoms with Crippen molar-refractivity contribution in [3.05, 3.63) is 12.6 Å². The third kappa shape index (κ3) is 51.2. The molecular weight excluding hydrogens is 802 g/mol. The molecule has 0 amide bonds. The summed E-state index contributed by atoms with van der Waals surface area (Å²) in [5, 5.41) is 7.75. The Labute approximate surface area is 236 Å². The second-order valence-electron chi connectivity index (χ2n) is 9.25. The molecule has 0 aliphatic carbocycles. The fraction of sp³-hybridized carbons (Fsp3) is 0.963. The SMILES string of the molecule is CCCCCCCCCCCCCCCCCCCCCCCCCC.N[O-].[CH3-].[O]=[W](=[O])[O][W](=[O])=[O]. The van der Waals surface area contributed by atoms with Gasteiger partial charge in [0.2, 0.25) is 0 Å². The number of hydrogen-bond donors (Lipinski definition) is 1. The summed E-state index contributed by atoms with van der Waals surface area (Å²) in [6.45, 7) is 4.61. The molecular formula is C27H59NO6W2-2. The molecule has 0 radical (unpaired) electrons. The maximum absolute atomic E-state index is 9.40. The Morgan fingerprint density at radius 3 is 0.639 bits per heavy atom. The first-order valence-electron chi connectivity index (χ1n) is 14.1. The van der Waals surface area contributed by atoms with Crippen molar-refractivity contribution in [2.75, 3.05) is 0 Å². The quantitative estimate of drug-likeness (QED) is 0.0551. The first-order valence-corrected chi connectivity index (χ1v) is 21.3. The number of hydrogen-bond acceptors (Lipinski definition) is 7. The summed E-state index contributed by atoms with van der Waals surface area (Å²) in [5.41, 5.74) is 0. The summed E-state index contributed by atoms with van der Waals surface area (Å²) < 4.78 is 41.0. The van der Waals surface area contributed by atoms with E-state index in [1.807, 2.05) is 0 Å². The van der Waals surface area contributed by atoms with E-state index in [0.29, 0.717) is 0 Å². The molecule has 0 rings (SSSR count). The van der Waals surface area contributed by atoms with Gasteiger partial charge >= 0.3 is 50.9 Å². The van der Waals surface area contributed by atoms with Crippen LogP contribution in [0.2, 0.25) is 0 Å². The van der Waals surface area contributed by atoms with Crippen molar-refractivity contribution in [2.45, 2.75) is 168 Å². The van der Waals surface area contributed by atoms with E-state index in [4.69, 9.17) is 5.21 Å². The van der Waals surface area contributed by atoms with Gasteiger partial charge in [-0.15, -0.1) is 0 Å². The molecule has 0 aliphatic rings. The van der Waals surface area contributed by atoms with E-state index in [9.17, 15) is 13.6 Å². The maximum atomic E-state index is 9.40. The first-order chi connectivity index (χ1) is 17.0. The van der Waals surface area contributed by atoms with Gasteiger partial charge in [-0.25, -0.2) is 0 Å². The zero-order valence-corrected chi connectivity index (χ0v) is 29.7. The predicted octanol–water partition coefficient (Wildman–Crippen LogP) is 9.73. The Morgan fingerprint density at radius 1 is 0.417 bits per heavy atom. The standard InChI is InChI=1S/C26H54.CH3.H2NO.5O.2W/c1-3-5-7-9-11-13-15-17-19-21-23-25-26-24-22-20-18-16-14-12-10-8-6-4-2;;1-2;;;;;;;/h3-26H2,1-2H3;1H3;1H2;;;;;;;/q;2*-1;;;;;;;. The fourth-order valence-corrected chi connectivity index (χ4v) is 7.07. The molecule has 0 aliphatic heterocycles. The first kappa shape index (κ1) is 43.5. The second kappa shape index (κ2) is 42.5. The van der Waals surface area contributed by atoms with Crippen LogP contribution in [0.25, 0.3) is 0 Å². The molecule has 9 heteroatoms. The van der Waals surface area contributed by atoms with Crippen LogP contribution < -0.4 is 5.90 Å². The van der Waals surface area contributed by atoms with Gasteiger partial charge in [0, 0.05) is 0 Å². The predicted molar refractivity (Wildman–Crippen MR) is 140 cm³/mol. The topological polar surface area (TPSA) is 127 Å². The van der Waals surface area contributed by atoms with Gasteiger partial charge in [-0.2, -0.15) is 0 Å². The number of nitrogens with two attached hydrogens (primary N) is 1. The summed E-state index contributed by atoms with van der Waals surface area (Å²) in [5.74, 6) is 3.25. The van der Waals surface area contributed by atoms with E-state index in [2.05, 4.69) is 21.8 Å². The normalized spacial score (nSPS) is 9.89. The van der Waals surface area contributed by atoms with Crippen LogP contribution in [-0.4, -0.2) is 0 Å². The molecule has 0 atom stereocenters. The van der Waals surface area contributed by atoms with Crippen molar-refractivity contribution in [2.24, 2.45) is 5.90 Å². The van der Waals surface area contributed by atoms with E-state index < -0.39 is 35.2 Å². The molecule has 0 aromatic carbocycles. The van der Waals surface area contributed by atoms with Crippen LogP contribution >= 0.6 is 0 Å². The second-order valence-corrected chi connectivity index (χ2v) is 16.7. The molecule has 36 heavy (non-hydrogen) atoms. The summed E-state index contributed by atoms with van der Waals surface area (Å²) >= 11 is -8.42. The number of unbranched alkanes of at least 4 members (excludes halogenated alkanes) is 23. The van der Waals surface area contributed by atoms with Crippen LogP contribution in [0.4, 0.5) is 0 Å². The summed E-state index contributed by atoms with van der Waals surface area (Å²) in [6, 6.07) is 0. The van der Waals surface area contributed by atoms with Crippen molar-refractivity contribution in [1.82, 2.24) is 0 Å². The van der Waals surface area contributed by atoms with Crippen molar-refractivity contribution >= 4 is 0 Å². The molecule has 0 fully saturated rings. The van der Waals surface area contributed by atoms with Crippen LogP contribution in [0.1, 0.15) is 168 Å². The van der Waals surface area contributed by atoms with Crippen molar-refractivity contribution in [3.8, 4) is 0 Å². The Morgan fingerprint density at radius 2 is 0.556 bits per heavy atom. The molecule has 0 aromatic rings. The van der Waals surface area contributed by atoms with Crippen molar-refractivity contribution in [3.63, 3.8) is 0 Å². The van der Waals surface area contributed by atoms with Gasteiger partial charge < -0.3 is 18.5 Å². The molecule has 0 saturated carbocycles. The Bertz CT molecular complexity index is 454. The van der Waals surface area contributed by atoms with Crippen LogP contribution in [0, 0.1) is 12.6 Å². The van der Waals surface area contributed by atoms with Gasteiger partial charge in [0.1, 0.15) is 0 Å². The van der Waals surface area contributed by atoms with Crippen molar-refractivity contribution in [1.29, 1.82) is 0 Å². The Balaban J connectivity index is -0.000000438. The molecule has 222 valence electrons. The van der Waals surface area contributed by atoms with E-state index in [1.54, 1.807) is 0 Å². The average Bonchev–Trinajstić information content (AvgIpc) is 2.83. The van der Waals surface area contributed by atoms with E-state index in [0.717, 1.165) is 0 Å². The number of rotatable bonds is 25. The molecule has 2 N–H and O–H groups in total. The summed E-state index contributed by atoms with van der Waals surface area (Å²) in [7, 11) is 0. The van der Waals surface area contributed by atoms with E-state index in [-0.39, 0.29) is 7.43 Å². The third-order valence-electron chi connectivity index (χ3n) is 6.07. The third-order valence-corrected chi connectivity index (χ3v) is 13.4. The van der Waals surface area contributed by atoms with E-state index in [1.165, 1.54) is 154 Å². The molecule has 0 bridgehead atoms. The van der Waals surface area contributed by atoms with Gasteiger partial charge in [0.25, 0.3) is 0 Å². The summed E-state index contributed by atoms with van der Waals surface area (Å²) in [4.78, 5) is 0. The Kier molecular flexibility index (Phi) is 51.4. The average molecular weight is 861 g/mol. The minimum absolute atomic E-state index is 0. The van der Waals surface area contributed by atoms with Crippen LogP contribution in [0.5, 0.6) is 0 Å². The van der Waals surface area contributed by atoms with Crippen LogP contribution in [-0.2, 0) is 50.9 Å². The zero-order chi connectivity index (χ0) is 26.8. The van der Waals surface area contributed by atoms with E-state index >= 15 is 0 Å². The Hall–Kier alpha value is 0.457. The molecule has 0 spiro atoms. The summed E-state index contributed by atoms with van der Waals surface area (Å²) in [6.07, 6.45) is 35.4. The van der Waals surface area contributed by atoms with Gasteiger partial charge in [-0.1, -0.05) is 168 Å². The molecule has 7 nitrogen and oxygen atoms in total. The van der Waals surface area contributed by atoms with Gasteiger partial charge in [-0.05, 0) is 0 Å². The van der Waals surface area contributed by atoms with Gasteiger partial charge in [0.05, 0.1) is 0 Å². The molecule has 0 aromatic heterocycles. The van der Waals surface area contributed by atoms with Gasteiger partial charge in [0.15, 0.2) is 0 Å². The van der Waals surface area contributed by atoms with Crippen molar-refractivity contribution < 1.29 is 50.9 Å². The minimum atomic E-state index is -4.21. The van der Waals surface area contributed by atoms with Crippen LogP contribution in [0.3, 0.4) is 0 Å². The molecule has 0 unspecified atom stereocenters. The zero-order valence-electron chi connectivity index (χ0n) is 23.8. The van der Waals surface area contributed by atoms with Gasteiger partial charge in [-0.3, -0.25) is 0 Å².